The zero-order valence-electron chi connectivity index (χ0n) is 8.14. The van der Waals surface area contributed by atoms with Crippen molar-refractivity contribution in [3.05, 3.63) is 4.88 Å². The second kappa shape index (κ2) is 4.69. The van der Waals surface area contributed by atoms with Crippen molar-refractivity contribution in [3.8, 4) is 0 Å². The number of nitrogens with zero attached hydrogens (tertiary/aromatic N) is 2. The number of amides is 2. The third-order valence-electron chi connectivity index (χ3n) is 1.60. The van der Waals surface area contributed by atoms with Crippen LogP contribution in [0, 0.1) is 6.92 Å². The maximum atomic E-state index is 11.2. The molecule has 0 aliphatic carbocycles. The van der Waals surface area contributed by atoms with E-state index in [1.54, 1.807) is 6.92 Å². The summed E-state index contributed by atoms with van der Waals surface area (Å²) < 4.78 is 3.62. The summed E-state index contributed by atoms with van der Waals surface area (Å²) in [5.41, 5.74) is 0. The summed E-state index contributed by atoms with van der Waals surface area (Å²) in [7, 11) is 0. The molecule has 0 saturated heterocycles. The first-order valence-electron chi connectivity index (χ1n) is 4.10. The van der Waals surface area contributed by atoms with Gasteiger partial charge in [-0.1, -0.05) is 4.49 Å². The predicted molar refractivity (Wildman–Crippen MR) is 53.9 cm³/mol. The third kappa shape index (κ3) is 3.17. The molecule has 1 aromatic heterocycles. The molecular weight excluding hydrogens is 220 g/mol. The molecule has 3 N–H and O–H groups in total. The van der Waals surface area contributed by atoms with Crippen molar-refractivity contribution in [1.29, 1.82) is 0 Å². The van der Waals surface area contributed by atoms with E-state index >= 15 is 0 Å². The molecule has 1 rings (SSSR count). The zero-order valence-corrected chi connectivity index (χ0v) is 8.96. The first-order valence-corrected chi connectivity index (χ1v) is 4.87. The molecule has 0 aromatic carbocycles. The Morgan fingerprint density at radius 2 is 2.20 bits per heavy atom. The summed E-state index contributed by atoms with van der Waals surface area (Å²) in [4.78, 5) is 22.4. The topological polar surface area (TPSA) is 104 Å². The summed E-state index contributed by atoms with van der Waals surface area (Å²) in [5, 5.41) is 16.8. The van der Waals surface area contributed by atoms with Crippen LogP contribution >= 0.6 is 11.5 Å². The fourth-order valence-corrected chi connectivity index (χ4v) is 1.17. The number of carbonyl (C=O) groups is 2. The SMILES string of the molecule is Cc1snnc1NC(=O)NC(C)C(=O)O. The predicted octanol–water partition coefficient (Wildman–Crippen LogP) is 0.441. The Kier molecular flexibility index (Phi) is 3.56. The molecule has 0 saturated carbocycles. The lowest BCUT2D eigenvalue weighted by molar-refractivity contribution is -0.138. The zero-order chi connectivity index (χ0) is 11.4. The van der Waals surface area contributed by atoms with E-state index in [-0.39, 0.29) is 0 Å². The fourth-order valence-electron chi connectivity index (χ4n) is 0.751. The van der Waals surface area contributed by atoms with E-state index in [9.17, 15) is 9.59 Å². The lowest BCUT2D eigenvalue weighted by Crippen LogP contribution is -2.41. The van der Waals surface area contributed by atoms with Crippen LogP contribution in [-0.4, -0.2) is 32.7 Å². The van der Waals surface area contributed by atoms with Gasteiger partial charge in [-0.15, -0.1) is 5.10 Å². The number of hydrogen-bond acceptors (Lipinski definition) is 5. The number of urea groups is 1. The Labute approximate surface area is 89.7 Å². The number of nitrogens with one attached hydrogen (secondary N) is 2. The second-order valence-corrected chi connectivity index (χ2v) is 3.79. The lowest BCUT2D eigenvalue weighted by atomic mass is 10.3. The molecule has 8 heteroatoms. The van der Waals surface area contributed by atoms with Crippen LogP contribution in [0.15, 0.2) is 0 Å². The van der Waals surface area contributed by atoms with E-state index in [2.05, 4.69) is 20.2 Å². The Balaban J connectivity index is 2.50. The molecule has 1 unspecified atom stereocenters. The molecule has 1 atom stereocenters. The van der Waals surface area contributed by atoms with Gasteiger partial charge in [0.1, 0.15) is 6.04 Å². The van der Waals surface area contributed by atoms with Gasteiger partial charge < -0.3 is 10.4 Å². The molecule has 0 radical (unpaired) electrons. The molecule has 15 heavy (non-hydrogen) atoms. The third-order valence-corrected chi connectivity index (χ3v) is 2.23. The number of carboxylic acid groups (broad SMARTS) is 1. The summed E-state index contributed by atoms with van der Waals surface area (Å²) in [6, 6.07) is -1.56. The van der Waals surface area contributed by atoms with Gasteiger partial charge in [-0.05, 0) is 25.4 Å². The van der Waals surface area contributed by atoms with Crippen LogP contribution in [0.2, 0.25) is 0 Å². The maximum Gasteiger partial charge on any atom is 0.325 e. The largest absolute Gasteiger partial charge is 0.480 e. The number of rotatable bonds is 3. The number of carboxylic acids is 1. The molecule has 2 amide bonds. The van der Waals surface area contributed by atoms with E-state index in [0.717, 1.165) is 16.4 Å². The van der Waals surface area contributed by atoms with Gasteiger partial charge >= 0.3 is 12.0 Å². The van der Waals surface area contributed by atoms with Gasteiger partial charge in [-0.25, -0.2) is 4.79 Å². The molecule has 0 aliphatic heterocycles. The smallest absolute Gasteiger partial charge is 0.325 e. The number of hydrogen-bond donors (Lipinski definition) is 3. The van der Waals surface area contributed by atoms with Gasteiger partial charge in [-0.2, -0.15) is 0 Å². The van der Waals surface area contributed by atoms with Gasteiger partial charge in [0.25, 0.3) is 0 Å². The lowest BCUT2D eigenvalue weighted by Gasteiger charge is -2.09. The Bertz CT molecular complexity index is 378. The summed E-state index contributed by atoms with van der Waals surface area (Å²) in [6.45, 7) is 3.12. The van der Waals surface area contributed by atoms with Gasteiger partial charge in [0.2, 0.25) is 0 Å². The van der Waals surface area contributed by atoms with Crippen LogP contribution in [0.4, 0.5) is 10.6 Å². The van der Waals surface area contributed by atoms with Crippen LogP contribution in [0.3, 0.4) is 0 Å². The van der Waals surface area contributed by atoms with E-state index in [1.165, 1.54) is 6.92 Å². The van der Waals surface area contributed by atoms with Gasteiger partial charge in [0.15, 0.2) is 5.82 Å². The highest BCUT2D eigenvalue weighted by Crippen LogP contribution is 2.12. The van der Waals surface area contributed by atoms with Gasteiger partial charge in [0, 0.05) is 0 Å². The van der Waals surface area contributed by atoms with E-state index in [4.69, 9.17) is 5.11 Å². The number of aliphatic carboxylic acids is 1. The quantitative estimate of drug-likeness (QED) is 0.699. The van der Waals surface area contributed by atoms with Crippen LogP contribution in [-0.2, 0) is 4.79 Å². The summed E-state index contributed by atoms with van der Waals surface area (Å²) in [6.07, 6.45) is 0. The average molecular weight is 230 g/mol. The second-order valence-electron chi connectivity index (χ2n) is 2.84. The first-order chi connectivity index (χ1) is 7.00. The van der Waals surface area contributed by atoms with Crippen molar-refractivity contribution < 1.29 is 14.7 Å². The molecule has 1 heterocycles. The fraction of sp³-hybridized carbons (Fsp3) is 0.429. The summed E-state index contributed by atoms with van der Waals surface area (Å²) >= 11 is 1.15. The van der Waals surface area contributed by atoms with E-state index in [1.807, 2.05) is 0 Å². The van der Waals surface area contributed by atoms with Crippen molar-refractivity contribution >= 4 is 29.4 Å². The van der Waals surface area contributed by atoms with Crippen LogP contribution in [0.1, 0.15) is 11.8 Å². The highest BCUT2D eigenvalue weighted by molar-refractivity contribution is 7.05. The maximum absolute atomic E-state index is 11.2. The van der Waals surface area contributed by atoms with E-state index < -0.39 is 18.0 Å². The average Bonchev–Trinajstić information content (AvgIpc) is 2.51. The molecule has 82 valence electrons. The van der Waals surface area contributed by atoms with Gasteiger partial charge in [-0.3, -0.25) is 10.1 Å². The molecule has 0 spiro atoms. The molecule has 0 fully saturated rings. The Morgan fingerprint density at radius 3 is 2.67 bits per heavy atom. The monoisotopic (exact) mass is 230 g/mol. The number of carbonyl (C=O) groups excluding carboxylic acids is 1. The normalized spacial score (nSPS) is 11.9. The standard InChI is InChI=1S/C7H10N4O3S/c1-3(6(12)13)8-7(14)9-5-4(2)15-11-10-5/h3H,1-2H3,(H,12,13)(H2,8,9,14). The van der Waals surface area contributed by atoms with Crippen molar-refractivity contribution in [2.24, 2.45) is 0 Å². The van der Waals surface area contributed by atoms with Crippen LogP contribution in [0.25, 0.3) is 0 Å². The minimum atomic E-state index is -1.10. The Hall–Kier alpha value is -1.70. The van der Waals surface area contributed by atoms with Crippen molar-refractivity contribution in [2.45, 2.75) is 19.9 Å². The summed E-state index contributed by atoms with van der Waals surface area (Å²) in [5.74, 6) is -0.756. The molecule has 0 aliphatic rings. The highest BCUT2D eigenvalue weighted by Gasteiger charge is 2.15. The van der Waals surface area contributed by atoms with Crippen LogP contribution in [0.5, 0.6) is 0 Å². The molecule has 1 aromatic rings. The van der Waals surface area contributed by atoms with Crippen molar-refractivity contribution in [1.82, 2.24) is 14.9 Å². The molecule has 0 bridgehead atoms. The highest BCUT2D eigenvalue weighted by atomic mass is 32.1. The van der Waals surface area contributed by atoms with Crippen molar-refractivity contribution in [2.75, 3.05) is 5.32 Å². The molecule has 7 nitrogen and oxygen atoms in total. The Morgan fingerprint density at radius 1 is 1.53 bits per heavy atom. The number of anilines is 1. The van der Waals surface area contributed by atoms with Crippen molar-refractivity contribution in [3.63, 3.8) is 0 Å². The first kappa shape index (κ1) is 11.4. The minimum absolute atomic E-state index is 0.343. The van der Waals surface area contributed by atoms with Gasteiger partial charge in [0.05, 0.1) is 4.88 Å². The van der Waals surface area contributed by atoms with Crippen LogP contribution < -0.4 is 10.6 Å². The number of aryl methyl sites for hydroxylation is 1. The van der Waals surface area contributed by atoms with E-state index in [0.29, 0.717) is 5.82 Å². The molecular formula is C7H10N4O3S. The number of aromatic nitrogens is 2. The minimum Gasteiger partial charge on any atom is -0.480 e.